The maximum atomic E-state index is 8.36. The maximum Gasteiger partial charge on any atom is 0.290 e. The molecule has 3 aromatic heterocycles. The molecule has 0 saturated heterocycles. The Kier molecular flexibility index (Phi) is 8.44. The molecule has 11 heteroatoms. The first-order valence-electron chi connectivity index (χ1n) is 11.7. The van der Waals surface area contributed by atoms with E-state index in [4.69, 9.17) is 14.4 Å². The number of aryl methyl sites for hydroxylation is 2. The number of fused-ring (bicyclic) bond motifs is 1. The Labute approximate surface area is 213 Å². The minimum atomic E-state index is -0.250. The normalized spacial score (nSPS) is 13.4. The molecule has 10 nitrogen and oxygen atoms in total. The first-order valence-corrected chi connectivity index (χ1v) is 12.6. The minimum absolute atomic E-state index is 0.250. The third-order valence-electron chi connectivity index (χ3n) is 6.01. The lowest BCUT2D eigenvalue weighted by molar-refractivity contribution is -0.122. The minimum Gasteiger partial charge on any atom is -0.483 e. The predicted molar refractivity (Wildman–Crippen MR) is 137 cm³/mol. The molecule has 188 valence electrons. The van der Waals surface area contributed by atoms with Gasteiger partial charge in [0.15, 0.2) is 11.0 Å². The van der Waals surface area contributed by atoms with E-state index in [1.54, 1.807) is 24.2 Å². The summed E-state index contributed by atoms with van der Waals surface area (Å²) >= 11 is 1.73. The fourth-order valence-electron chi connectivity index (χ4n) is 4.09. The van der Waals surface area contributed by atoms with Gasteiger partial charge in [-0.2, -0.15) is 0 Å². The SMILES string of the molecule is Cc1cnc(-c2nnc(SCCN3CCc4ccc(-c5cc(C)on5)cc4CC3)n2C)cn1.O=CO. The molecule has 0 radical (unpaired) electrons. The first-order chi connectivity index (χ1) is 17.5. The van der Waals surface area contributed by atoms with Crippen LogP contribution in [0.15, 0.2) is 46.3 Å². The van der Waals surface area contributed by atoms with Crippen LogP contribution in [0.1, 0.15) is 22.6 Å². The standard InChI is InChI=1S/C24H27N7OS.CH2O2/c1-16-14-26-22(15-25-16)23-27-28-24(30(23)3)33-11-10-31-8-6-18-4-5-20(13-19(18)7-9-31)21-12-17(2)32-29-21;2-1-3/h4-5,12-15H,6-11H2,1-3H3;1H,(H,2,3). The molecule has 4 aromatic rings. The molecule has 0 spiro atoms. The van der Waals surface area contributed by atoms with E-state index in [2.05, 4.69) is 48.4 Å². The number of hydrogen-bond donors (Lipinski definition) is 1. The van der Waals surface area contributed by atoms with E-state index in [-0.39, 0.29) is 6.47 Å². The molecule has 36 heavy (non-hydrogen) atoms. The van der Waals surface area contributed by atoms with Gasteiger partial charge in [-0.25, -0.2) is 4.98 Å². The van der Waals surface area contributed by atoms with Gasteiger partial charge < -0.3 is 19.1 Å². The first kappa shape index (κ1) is 25.5. The number of nitrogens with zero attached hydrogens (tertiary/aromatic N) is 7. The lowest BCUT2D eigenvalue weighted by atomic mass is 9.99. The van der Waals surface area contributed by atoms with Crippen molar-refractivity contribution >= 4 is 18.2 Å². The summed E-state index contributed by atoms with van der Waals surface area (Å²) in [6.45, 7) is 6.73. The molecular weight excluding hydrogens is 478 g/mol. The van der Waals surface area contributed by atoms with Crippen LogP contribution in [-0.4, -0.2) is 71.8 Å². The van der Waals surface area contributed by atoms with Crippen molar-refractivity contribution in [3.05, 3.63) is 59.2 Å². The highest BCUT2D eigenvalue weighted by Crippen LogP contribution is 2.25. The van der Waals surface area contributed by atoms with Crippen LogP contribution >= 0.6 is 11.8 Å². The van der Waals surface area contributed by atoms with Crippen molar-refractivity contribution in [3.63, 3.8) is 0 Å². The molecule has 0 bridgehead atoms. The molecule has 1 aromatic carbocycles. The number of benzene rings is 1. The Hall–Kier alpha value is -3.57. The van der Waals surface area contributed by atoms with Gasteiger partial charge in [-0.05, 0) is 43.9 Å². The Bertz CT molecular complexity index is 1300. The molecule has 4 heterocycles. The van der Waals surface area contributed by atoms with E-state index in [9.17, 15) is 0 Å². The molecule has 0 unspecified atom stereocenters. The monoisotopic (exact) mass is 507 g/mol. The third-order valence-corrected chi connectivity index (χ3v) is 7.01. The highest BCUT2D eigenvalue weighted by Gasteiger charge is 2.17. The molecule has 0 aliphatic carbocycles. The Morgan fingerprint density at radius 1 is 1.06 bits per heavy atom. The third kappa shape index (κ3) is 6.16. The molecule has 1 aliphatic rings. The fraction of sp³-hybridized carbons (Fsp3) is 0.360. The summed E-state index contributed by atoms with van der Waals surface area (Å²) in [6.07, 6.45) is 5.62. The van der Waals surface area contributed by atoms with Crippen molar-refractivity contribution < 1.29 is 14.4 Å². The summed E-state index contributed by atoms with van der Waals surface area (Å²) in [4.78, 5) is 19.6. The van der Waals surface area contributed by atoms with Crippen molar-refractivity contribution in [2.24, 2.45) is 7.05 Å². The van der Waals surface area contributed by atoms with Crippen LogP contribution in [0.2, 0.25) is 0 Å². The van der Waals surface area contributed by atoms with Crippen molar-refractivity contribution in [2.75, 3.05) is 25.4 Å². The quantitative estimate of drug-likeness (QED) is 0.307. The second-order valence-electron chi connectivity index (χ2n) is 8.51. The highest BCUT2D eigenvalue weighted by atomic mass is 32.2. The van der Waals surface area contributed by atoms with E-state index in [0.717, 1.165) is 77.6 Å². The fourth-order valence-corrected chi connectivity index (χ4v) is 5.01. The highest BCUT2D eigenvalue weighted by molar-refractivity contribution is 7.99. The second-order valence-corrected chi connectivity index (χ2v) is 9.57. The number of thioether (sulfide) groups is 1. The van der Waals surface area contributed by atoms with Crippen LogP contribution in [0.25, 0.3) is 22.8 Å². The molecule has 0 saturated carbocycles. The number of hydrogen-bond acceptors (Lipinski definition) is 9. The van der Waals surface area contributed by atoms with Gasteiger partial charge in [0.2, 0.25) is 0 Å². The number of rotatable bonds is 6. The van der Waals surface area contributed by atoms with E-state index in [0.29, 0.717) is 0 Å². The predicted octanol–water partition coefficient (Wildman–Crippen LogP) is 3.44. The topological polar surface area (TPSA) is 123 Å². The lowest BCUT2D eigenvalue weighted by Gasteiger charge is -2.19. The maximum absolute atomic E-state index is 8.36. The zero-order valence-electron chi connectivity index (χ0n) is 20.6. The molecular formula is C25H29N7O3S. The van der Waals surface area contributed by atoms with Crippen LogP contribution in [0.3, 0.4) is 0 Å². The van der Waals surface area contributed by atoms with Crippen molar-refractivity contribution in [2.45, 2.75) is 31.8 Å². The molecule has 1 aliphatic heterocycles. The Morgan fingerprint density at radius 2 is 1.83 bits per heavy atom. The van der Waals surface area contributed by atoms with Gasteiger partial charge in [0.25, 0.3) is 6.47 Å². The smallest absolute Gasteiger partial charge is 0.290 e. The second kappa shape index (κ2) is 11.9. The van der Waals surface area contributed by atoms with Crippen molar-refractivity contribution in [3.8, 4) is 22.8 Å². The van der Waals surface area contributed by atoms with E-state index in [1.165, 1.54) is 11.1 Å². The van der Waals surface area contributed by atoms with E-state index < -0.39 is 0 Å². The van der Waals surface area contributed by atoms with Crippen LogP contribution < -0.4 is 0 Å². The van der Waals surface area contributed by atoms with Crippen molar-refractivity contribution in [1.82, 2.24) is 34.8 Å². The average molecular weight is 508 g/mol. The largest absolute Gasteiger partial charge is 0.483 e. The van der Waals surface area contributed by atoms with Gasteiger partial charge in [-0.3, -0.25) is 9.78 Å². The van der Waals surface area contributed by atoms with Crippen LogP contribution in [0, 0.1) is 13.8 Å². The summed E-state index contributed by atoms with van der Waals surface area (Å²) in [7, 11) is 1.98. The summed E-state index contributed by atoms with van der Waals surface area (Å²) in [5, 5.41) is 20.6. The number of carboxylic acid groups (broad SMARTS) is 1. The van der Waals surface area contributed by atoms with Crippen LogP contribution in [0.4, 0.5) is 0 Å². The summed E-state index contributed by atoms with van der Waals surface area (Å²) in [6, 6.07) is 8.68. The van der Waals surface area contributed by atoms with Crippen LogP contribution in [0.5, 0.6) is 0 Å². The lowest BCUT2D eigenvalue weighted by Crippen LogP contribution is -2.28. The number of carbonyl (C=O) groups is 1. The van der Waals surface area contributed by atoms with Gasteiger partial charge in [0.05, 0.1) is 11.9 Å². The summed E-state index contributed by atoms with van der Waals surface area (Å²) in [5.74, 6) is 2.55. The zero-order valence-corrected chi connectivity index (χ0v) is 21.4. The Morgan fingerprint density at radius 3 is 2.53 bits per heavy atom. The van der Waals surface area contributed by atoms with Crippen LogP contribution in [-0.2, 0) is 24.7 Å². The van der Waals surface area contributed by atoms with Gasteiger partial charge in [-0.1, -0.05) is 29.1 Å². The molecule has 0 amide bonds. The molecule has 5 rings (SSSR count). The average Bonchev–Trinajstić information content (AvgIpc) is 3.40. The Balaban J connectivity index is 0.000000967. The van der Waals surface area contributed by atoms with E-state index >= 15 is 0 Å². The van der Waals surface area contributed by atoms with E-state index in [1.807, 2.05) is 31.5 Å². The van der Waals surface area contributed by atoms with Gasteiger partial charge in [-0.15, -0.1) is 10.2 Å². The number of aromatic nitrogens is 6. The van der Waals surface area contributed by atoms with Gasteiger partial charge >= 0.3 is 0 Å². The molecule has 1 N–H and O–H groups in total. The van der Waals surface area contributed by atoms with Gasteiger partial charge in [0, 0.05) is 50.3 Å². The zero-order chi connectivity index (χ0) is 25.5. The summed E-state index contributed by atoms with van der Waals surface area (Å²) in [5.41, 5.74) is 6.53. The van der Waals surface area contributed by atoms with Gasteiger partial charge in [0.1, 0.15) is 17.1 Å². The summed E-state index contributed by atoms with van der Waals surface area (Å²) < 4.78 is 7.24. The molecule has 0 fully saturated rings. The van der Waals surface area contributed by atoms with Crippen molar-refractivity contribution in [1.29, 1.82) is 0 Å². The molecule has 0 atom stereocenters.